The number of hydrogen-bond acceptors (Lipinski definition) is 5. The van der Waals surface area contributed by atoms with E-state index in [-0.39, 0.29) is 11.8 Å². The number of carboxylic acids is 1. The summed E-state index contributed by atoms with van der Waals surface area (Å²) in [6, 6.07) is 13.2. The largest absolute Gasteiger partial charge is 0.493 e. The Labute approximate surface area is 176 Å². The van der Waals surface area contributed by atoms with Crippen molar-refractivity contribution in [1.29, 1.82) is 0 Å². The SMILES string of the molecule is COc1ccc(C(=O)N(C)Cc2cccc(N3CCC(C(=O)O)CC3)c2)cc1OC. The summed E-state index contributed by atoms with van der Waals surface area (Å²) < 4.78 is 10.5. The van der Waals surface area contributed by atoms with Crippen LogP contribution in [0.3, 0.4) is 0 Å². The second kappa shape index (κ2) is 9.52. The van der Waals surface area contributed by atoms with E-state index in [2.05, 4.69) is 11.0 Å². The highest BCUT2D eigenvalue weighted by Gasteiger charge is 2.24. The van der Waals surface area contributed by atoms with Gasteiger partial charge in [0.25, 0.3) is 5.91 Å². The smallest absolute Gasteiger partial charge is 0.306 e. The van der Waals surface area contributed by atoms with Crippen molar-refractivity contribution in [3.8, 4) is 11.5 Å². The van der Waals surface area contributed by atoms with Gasteiger partial charge in [0.2, 0.25) is 0 Å². The zero-order valence-corrected chi connectivity index (χ0v) is 17.6. The summed E-state index contributed by atoms with van der Waals surface area (Å²) in [6.07, 6.45) is 1.30. The third kappa shape index (κ3) is 4.84. The molecule has 7 nitrogen and oxygen atoms in total. The number of amides is 1. The van der Waals surface area contributed by atoms with Gasteiger partial charge in [-0.25, -0.2) is 0 Å². The lowest BCUT2D eigenvalue weighted by Gasteiger charge is -2.32. The van der Waals surface area contributed by atoms with Crippen LogP contribution in [0, 0.1) is 5.92 Å². The zero-order chi connectivity index (χ0) is 21.7. The van der Waals surface area contributed by atoms with Crippen molar-refractivity contribution in [3.05, 3.63) is 53.6 Å². The van der Waals surface area contributed by atoms with Crippen molar-refractivity contribution in [2.45, 2.75) is 19.4 Å². The Bertz CT molecular complexity index is 906. The molecule has 0 saturated carbocycles. The number of rotatable bonds is 7. The lowest BCUT2D eigenvalue weighted by atomic mass is 9.96. The molecule has 2 aromatic rings. The molecule has 0 spiro atoms. The molecule has 160 valence electrons. The normalized spacial score (nSPS) is 14.3. The average molecular weight is 412 g/mol. The van der Waals surface area contributed by atoms with Gasteiger partial charge in [0.1, 0.15) is 0 Å². The third-order valence-electron chi connectivity index (χ3n) is 5.52. The minimum absolute atomic E-state index is 0.108. The van der Waals surface area contributed by atoms with E-state index in [1.807, 2.05) is 18.2 Å². The van der Waals surface area contributed by atoms with E-state index >= 15 is 0 Å². The van der Waals surface area contributed by atoms with Gasteiger partial charge in [-0.05, 0) is 48.7 Å². The fourth-order valence-corrected chi connectivity index (χ4v) is 3.77. The molecule has 3 rings (SSSR count). The molecule has 0 aromatic heterocycles. The fraction of sp³-hybridized carbons (Fsp3) is 0.391. The number of carboxylic acid groups (broad SMARTS) is 1. The Morgan fingerprint density at radius 1 is 1.07 bits per heavy atom. The van der Waals surface area contributed by atoms with Crippen LogP contribution >= 0.6 is 0 Å². The van der Waals surface area contributed by atoms with Crippen LogP contribution in [0.4, 0.5) is 5.69 Å². The minimum atomic E-state index is -0.710. The highest BCUT2D eigenvalue weighted by atomic mass is 16.5. The lowest BCUT2D eigenvalue weighted by molar-refractivity contribution is -0.142. The van der Waals surface area contributed by atoms with Gasteiger partial charge in [0.15, 0.2) is 11.5 Å². The van der Waals surface area contributed by atoms with Crippen LogP contribution in [0.2, 0.25) is 0 Å². The summed E-state index contributed by atoms with van der Waals surface area (Å²) in [4.78, 5) is 27.9. The van der Waals surface area contributed by atoms with Crippen LogP contribution in [0.25, 0.3) is 0 Å². The number of piperidine rings is 1. The average Bonchev–Trinajstić information content (AvgIpc) is 2.78. The number of carbonyl (C=O) groups excluding carboxylic acids is 1. The number of anilines is 1. The fourth-order valence-electron chi connectivity index (χ4n) is 3.77. The van der Waals surface area contributed by atoms with Crippen LogP contribution in [-0.2, 0) is 11.3 Å². The predicted molar refractivity (Wildman–Crippen MR) is 114 cm³/mol. The summed E-state index contributed by atoms with van der Waals surface area (Å²) in [6.45, 7) is 1.91. The van der Waals surface area contributed by atoms with Crippen molar-refractivity contribution >= 4 is 17.6 Å². The molecular weight excluding hydrogens is 384 g/mol. The van der Waals surface area contributed by atoms with E-state index in [4.69, 9.17) is 9.47 Å². The molecule has 0 atom stereocenters. The molecule has 1 fully saturated rings. The van der Waals surface area contributed by atoms with E-state index in [1.54, 1.807) is 44.4 Å². The number of hydrogen-bond donors (Lipinski definition) is 1. The molecule has 0 bridgehead atoms. The first kappa shape index (κ1) is 21.5. The van der Waals surface area contributed by atoms with E-state index in [1.165, 1.54) is 0 Å². The molecule has 1 N–H and O–H groups in total. The van der Waals surface area contributed by atoms with Gasteiger partial charge < -0.3 is 24.4 Å². The van der Waals surface area contributed by atoms with Gasteiger partial charge in [0.05, 0.1) is 20.1 Å². The van der Waals surface area contributed by atoms with Crippen LogP contribution < -0.4 is 14.4 Å². The quantitative estimate of drug-likeness (QED) is 0.752. The summed E-state index contributed by atoms with van der Waals surface area (Å²) in [5.41, 5.74) is 2.61. The Hall–Kier alpha value is -3.22. The van der Waals surface area contributed by atoms with Crippen molar-refractivity contribution in [2.75, 3.05) is 39.3 Å². The molecule has 30 heavy (non-hydrogen) atoms. The Morgan fingerprint density at radius 2 is 1.77 bits per heavy atom. The maximum atomic E-state index is 12.9. The van der Waals surface area contributed by atoms with Crippen LogP contribution in [0.15, 0.2) is 42.5 Å². The molecule has 1 heterocycles. The molecular formula is C23H28N2O5. The van der Waals surface area contributed by atoms with E-state index in [0.29, 0.717) is 36.4 Å². The second-order valence-electron chi connectivity index (χ2n) is 7.50. The van der Waals surface area contributed by atoms with Gasteiger partial charge in [-0.3, -0.25) is 9.59 Å². The number of carbonyl (C=O) groups is 2. The van der Waals surface area contributed by atoms with Gasteiger partial charge in [-0.1, -0.05) is 12.1 Å². The molecule has 1 aliphatic rings. The first-order valence-electron chi connectivity index (χ1n) is 9.97. The van der Waals surface area contributed by atoms with Crippen molar-refractivity contribution in [3.63, 3.8) is 0 Å². The minimum Gasteiger partial charge on any atom is -0.493 e. The van der Waals surface area contributed by atoms with Crippen LogP contribution in [0.1, 0.15) is 28.8 Å². The van der Waals surface area contributed by atoms with Gasteiger partial charge in [-0.15, -0.1) is 0 Å². The Balaban J connectivity index is 1.67. The summed E-state index contributed by atoms with van der Waals surface area (Å²) >= 11 is 0. The van der Waals surface area contributed by atoms with Gasteiger partial charge in [0, 0.05) is 37.9 Å². The predicted octanol–water partition coefficient (Wildman–Crippen LogP) is 3.28. The highest BCUT2D eigenvalue weighted by molar-refractivity contribution is 5.94. The van der Waals surface area contributed by atoms with Crippen molar-refractivity contribution < 1.29 is 24.2 Å². The van der Waals surface area contributed by atoms with Gasteiger partial charge in [-0.2, -0.15) is 0 Å². The first-order chi connectivity index (χ1) is 14.4. The third-order valence-corrected chi connectivity index (χ3v) is 5.52. The van der Waals surface area contributed by atoms with E-state index < -0.39 is 5.97 Å². The monoisotopic (exact) mass is 412 g/mol. The lowest BCUT2D eigenvalue weighted by Crippen LogP contribution is -2.36. The molecule has 2 aromatic carbocycles. The number of aliphatic carboxylic acids is 1. The van der Waals surface area contributed by atoms with E-state index in [9.17, 15) is 14.7 Å². The number of benzene rings is 2. The summed E-state index contributed by atoms with van der Waals surface area (Å²) in [5, 5.41) is 9.18. The molecule has 7 heteroatoms. The van der Waals surface area contributed by atoms with Crippen LogP contribution in [-0.4, -0.2) is 56.2 Å². The number of nitrogens with zero attached hydrogens (tertiary/aromatic N) is 2. The maximum Gasteiger partial charge on any atom is 0.306 e. The molecule has 1 amide bonds. The van der Waals surface area contributed by atoms with Gasteiger partial charge >= 0.3 is 5.97 Å². The summed E-state index contributed by atoms with van der Waals surface area (Å²) in [7, 11) is 4.87. The Kier molecular flexibility index (Phi) is 6.82. The number of ether oxygens (including phenoxy) is 2. The van der Waals surface area contributed by atoms with E-state index in [0.717, 1.165) is 24.3 Å². The molecule has 1 aliphatic heterocycles. The molecule has 0 unspecified atom stereocenters. The van der Waals surface area contributed by atoms with Crippen LogP contribution in [0.5, 0.6) is 11.5 Å². The highest BCUT2D eigenvalue weighted by Crippen LogP contribution is 2.28. The molecule has 0 radical (unpaired) electrons. The topological polar surface area (TPSA) is 79.3 Å². The number of methoxy groups -OCH3 is 2. The van der Waals surface area contributed by atoms with Crippen molar-refractivity contribution in [2.24, 2.45) is 5.92 Å². The maximum absolute atomic E-state index is 12.9. The first-order valence-corrected chi connectivity index (χ1v) is 9.97. The standard InChI is InChI=1S/C23H28N2O5/c1-24(22(26)18-7-8-20(29-2)21(14-18)30-3)15-16-5-4-6-19(13-16)25-11-9-17(10-12-25)23(27)28/h4-8,13-14,17H,9-12,15H2,1-3H3,(H,27,28). The second-order valence-corrected chi connectivity index (χ2v) is 7.50. The van der Waals surface area contributed by atoms with Crippen molar-refractivity contribution in [1.82, 2.24) is 4.90 Å². The molecule has 0 aliphatic carbocycles. The summed E-state index contributed by atoms with van der Waals surface area (Å²) in [5.74, 6) is 0.0246. The zero-order valence-electron chi connectivity index (χ0n) is 17.6. The molecule has 1 saturated heterocycles. The Morgan fingerprint density at radius 3 is 2.40 bits per heavy atom.